The normalized spacial score (nSPS) is 10.4. The lowest BCUT2D eigenvalue weighted by Gasteiger charge is -2.15. The third kappa shape index (κ3) is 1.46. The molecule has 4 nitrogen and oxygen atoms in total. The van der Waals surface area contributed by atoms with Gasteiger partial charge in [0.15, 0.2) is 0 Å². The number of aldehydes is 1. The molecule has 0 aliphatic rings. The van der Waals surface area contributed by atoms with Gasteiger partial charge in [0.2, 0.25) is 0 Å². The van der Waals surface area contributed by atoms with Gasteiger partial charge in [0.1, 0.15) is 6.29 Å². The molecule has 2 rings (SSSR count). The van der Waals surface area contributed by atoms with Gasteiger partial charge in [-0.1, -0.05) is 0 Å². The van der Waals surface area contributed by atoms with E-state index in [1.165, 1.54) is 0 Å². The van der Waals surface area contributed by atoms with E-state index in [-0.39, 0.29) is 0 Å². The first-order valence-electron chi connectivity index (χ1n) is 4.39. The first-order chi connectivity index (χ1) is 6.81. The Kier molecular flexibility index (Phi) is 2.18. The average Bonchev–Trinajstić information content (AvgIpc) is 2.64. The summed E-state index contributed by atoms with van der Waals surface area (Å²) in [5, 5.41) is 0. The second-order valence-corrected chi connectivity index (χ2v) is 3.15. The van der Waals surface area contributed by atoms with Crippen molar-refractivity contribution in [1.29, 1.82) is 0 Å². The molecule has 0 aliphatic carbocycles. The first kappa shape index (κ1) is 8.74. The summed E-state index contributed by atoms with van der Waals surface area (Å²) >= 11 is 0. The Hall–Kier alpha value is -1.84. The van der Waals surface area contributed by atoms with Crippen molar-refractivity contribution in [2.75, 3.05) is 18.5 Å². The number of fused-ring (bicyclic) bond motifs is 1. The van der Waals surface area contributed by atoms with Gasteiger partial charge in [-0.15, -0.1) is 0 Å². The fourth-order valence-electron chi connectivity index (χ4n) is 1.38. The number of rotatable bonds is 3. The second kappa shape index (κ2) is 3.49. The van der Waals surface area contributed by atoms with E-state index >= 15 is 0 Å². The van der Waals surface area contributed by atoms with Crippen LogP contribution in [0.3, 0.4) is 0 Å². The predicted octanol–water partition coefficient (Wildman–Crippen LogP) is 1.20. The molecular weight excluding hydrogens is 178 g/mol. The smallest absolute Gasteiger partial charge is 0.139 e. The summed E-state index contributed by atoms with van der Waals surface area (Å²) in [5.41, 5.74) is 2.93. The fourth-order valence-corrected chi connectivity index (χ4v) is 1.38. The van der Waals surface area contributed by atoms with Gasteiger partial charge < -0.3 is 14.7 Å². The Morgan fingerprint density at radius 1 is 1.57 bits per heavy atom. The average molecular weight is 189 g/mol. The van der Waals surface area contributed by atoms with Crippen LogP contribution in [0.5, 0.6) is 0 Å². The summed E-state index contributed by atoms with van der Waals surface area (Å²) in [6.07, 6.45) is 2.55. The lowest BCUT2D eigenvalue weighted by molar-refractivity contribution is -0.106. The number of H-pyrrole nitrogens is 1. The molecule has 0 unspecified atom stereocenters. The van der Waals surface area contributed by atoms with Crippen LogP contribution < -0.4 is 4.90 Å². The maximum absolute atomic E-state index is 10.3. The van der Waals surface area contributed by atoms with Crippen LogP contribution in [0.2, 0.25) is 0 Å². The topological polar surface area (TPSA) is 49.0 Å². The van der Waals surface area contributed by atoms with Crippen LogP contribution in [0.15, 0.2) is 24.5 Å². The van der Waals surface area contributed by atoms with Gasteiger partial charge in [-0.3, -0.25) is 0 Å². The fraction of sp³-hybridized carbons (Fsp3) is 0.200. The van der Waals surface area contributed by atoms with E-state index in [9.17, 15) is 4.79 Å². The summed E-state index contributed by atoms with van der Waals surface area (Å²) in [6.45, 7) is 0.402. The number of nitrogens with one attached hydrogen (secondary N) is 1. The molecule has 1 N–H and O–H groups in total. The van der Waals surface area contributed by atoms with Gasteiger partial charge in [-0.25, -0.2) is 4.98 Å². The van der Waals surface area contributed by atoms with Crippen LogP contribution in [-0.4, -0.2) is 29.8 Å². The Morgan fingerprint density at radius 2 is 2.43 bits per heavy atom. The highest BCUT2D eigenvalue weighted by molar-refractivity contribution is 5.79. The maximum atomic E-state index is 10.3. The molecule has 0 spiro atoms. The van der Waals surface area contributed by atoms with Gasteiger partial charge in [-0.05, 0) is 18.2 Å². The van der Waals surface area contributed by atoms with Crippen LogP contribution in [0, 0.1) is 0 Å². The zero-order valence-electron chi connectivity index (χ0n) is 7.90. The van der Waals surface area contributed by atoms with Gasteiger partial charge in [-0.2, -0.15) is 0 Å². The molecule has 0 saturated carbocycles. The Balaban J connectivity index is 2.38. The van der Waals surface area contributed by atoms with E-state index in [1.807, 2.05) is 30.1 Å². The lowest BCUT2D eigenvalue weighted by Crippen LogP contribution is -2.18. The van der Waals surface area contributed by atoms with Crippen LogP contribution in [0.25, 0.3) is 11.0 Å². The largest absolute Gasteiger partial charge is 0.368 e. The van der Waals surface area contributed by atoms with Crippen molar-refractivity contribution < 1.29 is 4.79 Å². The predicted molar refractivity (Wildman–Crippen MR) is 55.4 cm³/mol. The van der Waals surface area contributed by atoms with E-state index in [0.717, 1.165) is 23.0 Å². The summed E-state index contributed by atoms with van der Waals surface area (Å²) < 4.78 is 0. The van der Waals surface area contributed by atoms with E-state index < -0.39 is 0 Å². The number of nitrogens with zero attached hydrogens (tertiary/aromatic N) is 2. The van der Waals surface area contributed by atoms with Crippen molar-refractivity contribution in [1.82, 2.24) is 9.97 Å². The van der Waals surface area contributed by atoms with Gasteiger partial charge in [0, 0.05) is 12.7 Å². The van der Waals surface area contributed by atoms with Crippen molar-refractivity contribution >= 4 is 23.0 Å². The third-order valence-electron chi connectivity index (χ3n) is 2.19. The van der Waals surface area contributed by atoms with Crippen molar-refractivity contribution in [3.05, 3.63) is 24.5 Å². The molecule has 1 aromatic heterocycles. The quantitative estimate of drug-likeness (QED) is 0.738. The van der Waals surface area contributed by atoms with Crippen molar-refractivity contribution in [3.8, 4) is 0 Å². The molecule has 72 valence electrons. The number of hydrogen-bond donors (Lipinski definition) is 1. The summed E-state index contributed by atoms with van der Waals surface area (Å²) in [7, 11) is 1.88. The van der Waals surface area contributed by atoms with Crippen molar-refractivity contribution in [3.63, 3.8) is 0 Å². The highest BCUT2D eigenvalue weighted by Crippen LogP contribution is 2.17. The van der Waals surface area contributed by atoms with Crippen LogP contribution in [0.4, 0.5) is 5.69 Å². The van der Waals surface area contributed by atoms with Crippen LogP contribution in [-0.2, 0) is 4.79 Å². The SMILES string of the molecule is CN(CC=O)c1ccc2nc[nH]c2c1. The van der Waals surface area contributed by atoms with Crippen molar-refractivity contribution in [2.45, 2.75) is 0 Å². The lowest BCUT2D eigenvalue weighted by atomic mass is 10.2. The number of carbonyl (C=O) groups is 1. The van der Waals surface area contributed by atoms with Crippen molar-refractivity contribution in [2.24, 2.45) is 0 Å². The molecule has 14 heavy (non-hydrogen) atoms. The Bertz CT molecular complexity index is 449. The molecule has 0 amide bonds. The third-order valence-corrected chi connectivity index (χ3v) is 2.19. The zero-order valence-corrected chi connectivity index (χ0v) is 7.90. The van der Waals surface area contributed by atoms with Crippen LogP contribution >= 0.6 is 0 Å². The number of hydrogen-bond acceptors (Lipinski definition) is 3. The van der Waals surface area contributed by atoms with Gasteiger partial charge in [0.05, 0.1) is 23.9 Å². The molecule has 0 aliphatic heterocycles. The standard InChI is InChI=1S/C10H11N3O/c1-13(4-5-14)8-2-3-9-10(6-8)12-7-11-9/h2-3,5-7H,4H2,1H3,(H,11,12). The minimum atomic E-state index is 0.402. The number of aromatic amines is 1. The zero-order chi connectivity index (χ0) is 9.97. The molecule has 2 aromatic rings. The number of carbonyl (C=O) groups excluding carboxylic acids is 1. The summed E-state index contributed by atoms with van der Waals surface area (Å²) in [5.74, 6) is 0. The minimum absolute atomic E-state index is 0.402. The van der Waals surface area contributed by atoms with E-state index in [2.05, 4.69) is 9.97 Å². The first-order valence-corrected chi connectivity index (χ1v) is 4.39. The molecule has 4 heteroatoms. The maximum Gasteiger partial charge on any atom is 0.139 e. The minimum Gasteiger partial charge on any atom is -0.368 e. The molecule has 1 aromatic carbocycles. The van der Waals surface area contributed by atoms with Gasteiger partial charge >= 0.3 is 0 Å². The summed E-state index contributed by atoms with van der Waals surface area (Å²) in [4.78, 5) is 19.4. The number of benzene rings is 1. The van der Waals surface area contributed by atoms with E-state index in [0.29, 0.717) is 6.54 Å². The Labute approximate surface area is 81.6 Å². The van der Waals surface area contributed by atoms with Gasteiger partial charge in [0.25, 0.3) is 0 Å². The molecule has 0 atom stereocenters. The van der Waals surface area contributed by atoms with E-state index in [4.69, 9.17) is 0 Å². The number of aromatic nitrogens is 2. The van der Waals surface area contributed by atoms with Crippen LogP contribution in [0.1, 0.15) is 0 Å². The highest BCUT2D eigenvalue weighted by Gasteiger charge is 2.01. The highest BCUT2D eigenvalue weighted by atomic mass is 16.1. The Morgan fingerprint density at radius 3 is 3.21 bits per heavy atom. The molecule has 0 radical (unpaired) electrons. The van der Waals surface area contributed by atoms with E-state index in [1.54, 1.807) is 6.33 Å². The number of imidazole rings is 1. The number of likely N-dealkylation sites (N-methyl/N-ethyl adjacent to an activating group) is 1. The number of anilines is 1. The molecule has 0 saturated heterocycles. The second-order valence-electron chi connectivity index (χ2n) is 3.15. The summed E-state index contributed by atoms with van der Waals surface area (Å²) in [6, 6.07) is 5.86. The molecular formula is C10H11N3O. The molecule has 0 fully saturated rings. The monoisotopic (exact) mass is 189 g/mol. The molecule has 0 bridgehead atoms. The molecule has 1 heterocycles.